The third-order valence-corrected chi connectivity index (χ3v) is 3.59. The van der Waals surface area contributed by atoms with Crippen LogP contribution in [0, 0.1) is 0 Å². The van der Waals surface area contributed by atoms with E-state index in [4.69, 9.17) is 9.15 Å². The molecule has 0 saturated heterocycles. The van der Waals surface area contributed by atoms with Gasteiger partial charge in [0.2, 0.25) is 5.91 Å². The van der Waals surface area contributed by atoms with Crippen molar-refractivity contribution in [2.45, 2.75) is 13.0 Å². The van der Waals surface area contributed by atoms with Gasteiger partial charge in [-0.25, -0.2) is 0 Å². The van der Waals surface area contributed by atoms with Gasteiger partial charge in [-0.15, -0.1) is 0 Å². The summed E-state index contributed by atoms with van der Waals surface area (Å²) < 4.78 is 10.7. The molecule has 0 bridgehead atoms. The molecule has 0 radical (unpaired) electrons. The van der Waals surface area contributed by atoms with Gasteiger partial charge in [-0.05, 0) is 55.5 Å². The summed E-state index contributed by atoms with van der Waals surface area (Å²) in [6.07, 6.45) is 1.40. The lowest BCUT2D eigenvalue weighted by molar-refractivity contribution is -0.117. The van der Waals surface area contributed by atoms with Crippen LogP contribution in [0.15, 0.2) is 77.4 Å². The van der Waals surface area contributed by atoms with E-state index in [-0.39, 0.29) is 11.7 Å². The van der Waals surface area contributed by atoms with Gasteiger partial charge in [0.15, 0.2) is 5.76 Å². The second-order valence-corrected chi connectivity index (χ2v) is 5.60. The van der Waals surface area contributed by atoms with Crippen LogP contribution in [-0.4, -0.2) is 17.9 Å². The van der Waals surface area contributed by atoms with Gasteiger partial charge in [-0.3, -0.25) is 9.59 Å². The molecule has 0 aliphatic carbocycles. The second-order valence-electron chi connectivity index (χ2n) is 5.60. The Morgan fingerprint density at radius 2 is 1.62 bits per heavy atom. The van der Waals surface area contributed by atoms with Gasteiger partial charge in [0.05, 0.1) is 6.26 Å². The maximum Gasteiger partial charge on any atom is 0.287 e. The standard InChI is InChI=1S/C20H18N2O4/c1-14(21-20(24)18-8-5-13-25-18)19(23)22-15-9-11-17(12-10-15)26-16-6-3-2-4-7-16/h2-14H,1H3,(H,21,24)(H,22,23). The average molecular weight is 350 g/mol. The van der Waals surface area contributed by atoms with E-state index in [1.807, 2.05) is 30.3 Å². The highest BCUT2D eigenvalue weighted by atomic mass is 16.5. The number of amides is 2. The van der Waals surface area contributed by atoms with Crippen LogP contribution in [0.3, 0.4) is 0 Å². The van der Waals surface area contributed by atoms with Crippen LogP contribution in [0.2, 0.25) is 0 Å². The maximum absolute atomic E-state index is 12.2. The largest absolute Gasteiger partial charge is 0.459 e. The Hall–Kier alpha value is -3.54. The van der Waals surface area contributed by atoms with Crippen LogP contribution >= 0.6 is 0 Å². The number of nitrogens with one attached hydrogen (secondary N) is 2. The molecule has 1 unspecified atom stereocenters. The Labute approximate surface area is 150 Å². The third-order valence-electron chi connectivity index (χ3n) is 3.59. The summed E-state index contributed by atoms with van der Waals surface area (Å²) in [6.45, 7) is 1.60. The van der Waals surface area contributed by atoms with Gasteiger partial charge < -0.3 is 19.8 Å². The fourth-order valence-electron chi connectivity index (χ4n) is 2.22. The van der Waals surface area contributed by atoms with Crippen LogP contribution in [-0.2, 0) is 4.79 Å². The van der Waals surface area contributed by atoms with Gasteiger partial charge in [-0.2, -0.15) is 0 Å². The molecular weight excluding hydrogens is 332 g/mol. The summed E-state index contributed by atoms with van der Waals surface area (Å²) in [5.74, 6) is 0.782. The Balaban J connectivity index is 1.54. The average Bonchev–Trinajstić information content (AvgIpc) is 3.19. The Kier molecular flexibility index (Phi) is 5.34. The molecule has 1 heterocycles. The highest BCUT2D eigenvalue weighted by molar-refractivity contribution is 5.99. The summed E-state index contributed by atoms with van der Waals surface area (Å²) in [5.41, 5.74) is 0.606. The molecule has 0 aliphatic heterocycles. The van der Waals surface area contributed by atoms with E-state index < -0.39 is 11.9 Å². The summed E-state index contributed by atoms with van der Waals surface area (Å²) in [4.78, 5) is 24.1. The molecule has 26 heavy (non-hydrogen) atoms. The molecule has 2 N–H and O–H groups in total. The van der Waals surface area contributed by atoms with Crippen molar-refractivity contribution in [2.75, 3.05) is 5.32 Å². The van der Waals surface area contributed by atoms with E-state index in [1.54, 1.807) is 37.3 Å². The lowest BCUT2D eigenvalue weighted by Crippen LogP contribution is -2.41. The molecule has 0 fully saturated rings. The third kappa shape index (κ3) is 4.51. The van der Waals surface area contributed by atoms with Crippen molar-refractivity contribution in [1.82, 2.24) is 5.32 Å². The highest BCUT2D eigenvalue weighted by Gasteiger charge is 2.18. The van der Waals surface area contributed by atoms with Crippen molar-refractivity contribution in [1.29, 1.82) is 0 Å². The zero-order valence-corrected chi connectivity index (χ0v) is 14.1. The minimum Gasteiger partial charge on any atom is -0.459 e. The number of hydrogen-bond donors (Lipinski definition) is 2. The van der Waals surface area contributed by atoms with Crippen LogP contribution in [0.1, 0.15) is 17.5 Å². The lowest BCUT2D eigenvalue weighted by Gasteiger charge is -2.13. The Bertz CT molecular complexity index is 859. The van der Waals surface area contributed by atoms with Crippen LogP contribution in [0.25, 0.3) is 0 Å². The number of ether oxygens (including phenoxy) is 1. The van der Waals surface area contributed by atoms with Crippen molar-refractivity contribution >= 4 is 17.5 Å². The quantitative estimate of drug-likeness (QED) is 0.708. The molecule has 1 atom stereocenters. The molecule has 3 rings (SSSR count). The van der Waals surface area contributed by atoms with Crippen LogP contribution in [0.5, 0.6) is 11.5 Å². The van der Waals surface area contributed by atoms with Gasteiger partial charge in [0, 0.05) is 5.69 Å². The number of carbonyl (C=O) groups is 2. The fraction of sp³-hybridized carbons (Fsp3) is 0.100. The number of para-hydroxylation sites is 1. The minimum absolute atomic E-state index is 0.159. The summed E-state index contributed by atoms with van der Waals surface area (Å²) in [5, 5.41) is 5.32. The van der Waals surface area contributed by atoms with E-state index in [0.717, 1.165) is 5.75 Å². The SMILES string of the molecule is CC(NC(=O)c1ccco1)C(=O)Nc1ccc(Oc2ccccc2)cc1. The van der Waals surface area contributed by atoms with Crippen molar-refractivity contribution in [2.24, 2.45) is 0 Å². The molecule has 132 valence electrons. The lowest BCUT2D eigenvalue weighted by atomic mass is 10.2. The number of benzene rings is 2. The Morgan fingerprint density at radius 3 is 2.27 bits per heavy atom. The number of anilines is 1. The molecule has 2 aromatic carbocycles. The summed E-state index contributed by atoms with van der Waals surface area (Å²) in [6, 6.07) is 18.8. The molecular formula is C20H18N2O4. The molecule has 0 spiro atoms. The van der Waals surface area contributed by atoms with E-state index in [9.17, 15) is 9.59 Å². The molecule has 0 aliphatic rings. The zero-order valence-electron chi connectivity index (χ0n) is 14.1. The second kappa shape index (κ2) is 8.02. The van der Waals surface area contributed by atoms with Crippen molar-refractivity contribution in [3.8, 4) is 11.5 Å². The van der Waals surface area contributed by atoms with Crippen molar-refractivity contribution < 1.29 is 18.7 Å². The van der Waals surface area contributed by atoms with Gasteiger partial charge >= 0.3 is 0 Å². The van der Waals surface area contributed by atoms with E-state index >= 15 is 0 Å². The number of carbonyl (C=O) groups excluding carboxylic acids is 2. The minimum atomic E-state index is -0.715. The topological polar surface area (TPSA) is 80.6 Å². The number of hydrogen-bond acceptors (Lipinski definition) is 4. The highest BCUT2D eigenvalue weighted by Crippen LogP contribution is 2.22. The molecule has 0 saturated carbocycles. The first kappa shape index (κ1) is 17.3. The van der Waals surface area contributed by atoms with E-state index in [0.29, 0.717) is 11.4 Å². The first-order valence-corrected chi connectivity index (χ1v) is 8.10. The van der Waals surface area contributed by atoms with Gasteiger partial charge in [-0.1, -0.05) is 18.2 Å². The van der Waals surface area contributed by atoms with Gasteiger partial charge in [0.1, 0.15) is 17.5 Å². The summed E-state index contributed by atoms with van der Waals surface area (Å²) >= 11 is 0. The Morgan fingerprint density at radius 1 is 0.923 bits per heavy atom. The first-order valence-electron chi connectivity index (χ1n) is 8.10. The molecule has 1 aromatic heterocycles. The molecule has 6 nitrogen and oxygen atoms in total. The molecule has 6 heteroatoms. The van der Waals surface area contributed by atoms with Crippen LogP contribution < -0.4 is 15.4 Å². The van der Waals surface area contributed by atoms with Crippen molar-refractivity contribution in [3.05, 3.63) is 78.8 Å². The number of furan rings is 1. The van der Waals surface area contributed by atoms with Crippen molar-refractivity contribution in [3.63, 3.8) is 0 Å². The predicted octanol–water partition coefficient (Wildman–Crippen LogP) is 3.83. The van der Waals surface area contributed by atoms with Gasteiger partial charge in [0.25, 0.3) is 5.91 Å². The van der Waals surface area contributed by atoms with Crippen LogP contribution in [0.4, 0.5) is 5.69 Å². The normalized spacial score (nSPS) is 11.4. The maximum atomic E-state index is 12.2. The monoisotopic (exact) mass is 350 g/mol. The fourth-order valence-corrected chi connectivity index (χ4v) is 2.22. The van der Waals surface area contributed by atoms with E-state index in [2.05, 4.69) is 10.6 Å². The smallest absolute Gasteiger partial charge is 0.287 e. The first-order chi connectivity index (χ1) is 12.6. The van der Waals surface area contributed by atoms with E-state index in [1.165, 1.54) is 12.3 Å². The zero-order chi connectivity index (χ0) is 18.4. The molecule has 3 aromatic rings. The summed E-state index contributed by atoms with van der Waals surface area (Å²) in [7, 11) is 0. The predicted molar refractivity (Wildman–Crippen MR) is 97.2 cm³/mol. The molecule has 2 amide bonds. The number of rotatable bonds is 6.